The van der Waals surface area contributed by atoms with Gasteiger partial charge in [-0.1, -0.05) is 6.07 Å². The van der Waals surface area contributed by atoms with Crippen LogP contribution in [0.25, 0.3) is 0 Å². The minimum Gasteiger partial charge on any atom is -0.379 e. The van der Waals surface area contributed by atoms with Crippen LogP contribution in [0.15, 0.2) is 40.8 Å². The normalized spacial score (nSPS) is 17.5. The van der Waals surface area contributed by atoms with Crippen molar-refractivity contribution in [3.05, 3.63) is 57.7 Å². The van der Waals surface area contributed by atoms with E-state index in [-0.39, 0.29) is 6.17 Å². The molecule has 0 bridgehead atoms. The Morgan fingerprint density at radius 2 is 2.35 bits per heavy atom. The highest BCUT2D eigenvalue weighted by molar-refractivity contribution is 9.11. The van der Waals surface area contributed by atoms with E-state index in [4.69, 9.17) is 5.41 Å². The fourth-order valence-electron chi connectivity index (χ4n) is 2.36. The summed E-state index contributed by atoms with van der Waals surface area (Å²) in [7, 11) is 0. The fraction of sp³-hybridized carbons (Fsp3) is 0.250. The quantitative estimate of drug-likeness (QED) is 0.386. The maximum absolute atomic E-state index is 13.3. The summed E-state index contributed by atoms with van der Waals surface area (Å²) in [4.78, 5) is 13.2. The molecule has 0 aliphatic carbocycles. The van der Waals surface area contributed by atoms with Crippen LogP contribution in [-0.4, -0.2) is 30.5 Å². The average molecular weight is 381 g/mol. The van der Waals surface area contributed by atoms with Crippen LogP contribution in [0.4, 0.5) is 4.39 Å². The van der Waals surface area contributed by atoms with Crippen LogP contribution < -0.4 is 10.6 Å². The van der Waals surface area contributed by atoms with E-state index in [1.165, 1.54) is 18.3 Å². The van der Waals surface area contributed by atoms with Gasteiger partial charge in [-0.25, -0.2) is 4.39 Å². The molecule has 0 aromatic heterocycles. The molecule has 1 aromatic rings. The first-order valence-electron chi connectivity index (χ1n) is 7.16. The number of carbonyl (C=O) groups excluding carboxylic acids is 1. The van der Waals surface area contributed by atoms with E-state index in [2.05, 4.69) is 26.6 Å². The second kappa shape index (κ2) is 7.92. The van der Waals surface area contributed by atoms with Crippen LogP contribution in [0.3, 0.4) is 0 Å². The van der Waals surface area contributed by atoms with E-state index >= 15 is 0 Å². The molecule has 7 heteroatoms. The van der Waals surface area contributed by atoms with Crippen LogP contribution in [0.5, 0.6) is 0 Å². The zero-order chi connectivity index (χ0) is 16.8. The lowest BCUT2D eigenvalue weighted by atomic mass is 10.0. The molecule has 0 saturated carbocycles. The molecule has 0 saturated heterocycles. The summed E-state index contributed by atoms with van der Waals surface area (Å²) < 4.78 is 14.1. The van der Waals surface area contributed by atoms with Crippen LogP contribution in [0.2, 0.25) is 0 Å². The molecule has 5 nitrogen and oxygen atoms in total. The van der Waals surface area contributed by atoms with Gasteiger partial charge in [0.25, 0.3) is 0 Å². The molecule has 0 amide bonds. The van der Waals surface area contributed by atoms with Crippen molar-refractivity contribution in [3.8, 4) is 0 Å². The topological polar surface area (TPSA) is 68.2 Å². The number of aldehydes is 1. The number of rotatable bonds is 7. The first-order chi connectivity index (χ1) is 11.1. The second-order valence-corrected chi connectivity index (χ2v) is 5.76. The van der Waals surface area contributed by atoms with Gasteiger partial charge in [-0.3, -0.25) is 4.79 Å². The maximum atomic E-state index is 13.3. The number of nitrogens with zero attached hydrogens (tertiary/aromatic N) is 1. The van der Waals surface area contributed by atoms with Crippen LogP contribution >= 0.6 is 15.9 Å². The predicted molar refractivity (Wildman–Crippen MR) is 91.9 cm³/mol. The molecule has 122 valence electrons. The van der Waals surface area contributed by atoms with Crippen LogP contribution in [0, 0.1) is 11.2 Å². The minimum atomic E-state index is -0.441. The summed E-state index contributed by atoms with van der Waals surface area (Å²) >= 11 is 3.43. The summed E-state index contributed by atoms with van der Waals surface area (Å²) in [5.41, 5.74) is 1.76. The standard InChI is InChI=1S/C16H18BrFN4O/c1-2-20-15(17)12(8-19)9-22-6-5-21-16(22)14-4-3-13(18)7-11(14)10-23/h3-8,10,16,19-21H,2,9H2,1H3/b15-12+,19-8?. The highest BCUT2D eigenvalue weighted by atomic mass is 79.9. The lowest BCUT2D eigenvalue weighted by molar-refractivity contribution is 0.112. The van der Waals surface area contributed by atoms with Gasteiger partial charge in [0.05, 0.1) is 4.61 Å². The Morgan fingerprint density at radius 3 is 3.00 bits per heavy atom. The highest BCUT2D eigenvalue weighted by Gasteiger charge is 2.24. The highest BCUT2D eigenvalue weighted by Crippen LogP contribution is 2.26. The molecule has 1 aromatic carbocycles. The van der Waals surface area contributed by atoms with Gasteiger partial charge in [0.1, 0.15) is 12.0 Å². The molecule has 1 heterocycles. The first-order valence-corrected chi connectivity index (χ1v) is 7.96. The van der Waals surface area contributed by atoms with Gasteiger partial charge in [-0.2, -0.15) is 0 Å². The fourth-order valence-corrected chi connectivity index (χ4v) is 2.88. The third kappa shape index (κ3) is 3.98. The van der Waals surface area contributed by atoms with Gasteiger partial charge < -0.3 is 20.9 Å². The third-order valence-corrected chi connectivity index (χ3v) is 4.25. The van der Waals surface area contributed by atoms with E-state index in [9.17, 15) is 9.18 Å². The van der Waals surface area contributed by atoms with Gasteiger partial charge in [-0.05, 0) is 35.0 Å². The molecule has 0 fully saturated rings. The van der Waals surface area contributed by atoms with E-state index in [1.54, 1.807) is 12.3 Å². The van der Waals surface area contributed by atoms with E-state index in [0.717, 1.165) is 16.7 Å². The SMILES string of the molecule is CCN/C(Br)=C(\C=N)CN1C=CNC1c1ccc(F)cc1C=O. The van der Waals surface area contributed by atoms with Crippen molar-refractivity contribution < 1.29 is 9.18 Å². The zero-order valence-corrected chi connectivity index (χ0v) is 14.2. The molecule has 23 heavy (non-hydrogen) atoms. The Bertz CT molecular complexity index is 659. The Balaban J connectivity index is 2.27. The summed E-state index contributed by atoms with van der Waals surface area (Å²) in [6.07, 6.45) is 5.26. The van der Waals surface area contributed by atoms with Crippen molar-refractivity contribution in [1.82, 2.24) is 15.5 Å². The summed E-state index contributed by atoms with van der Waals surface area (Å²) in [5.74, 6) is -0.441. The Morgan fingerprint density at radius 1 is 1.57 bits per heavy atom. The van der Waals surface area contributed by atoms with Crippen molar-refractivity contribution >= 4 is 28.4 Å². The van der Waals surface area contributed by atoms with Gasteiger partial charge >= 0.3 is 0 Å². The molecule has 2 rings (SSSR count). The summed E-state index contributed by atoms with van der Waals surface area (Å²) in [6.45, 7) is 3.17. The van der Waals surface area contributed by atoms with E-state index < -0.39 is 5.82 Å². The van der Waals surface area contributed by atoms with Gasteiger partial charge in [0.2, 0.25) is 0 Å². The molecule has 3 N–H and O–H groups in total. The number of nitrogens with one attached hydrogen (secondary N) is 3. The predicted octanol–water partition coefficient (Wildman–Crippen LogP) is 2.88. The third-order valence-electron chi connectivity index (χ3n) is 3.46. The molecule has 1 atom stereocenters. The van der Waals surface area contributed by atoms with E-state index in [1.807, 2.05) is 18.0 Å². The number of hydrogen-bond acceptors (Lipinski definition) is 5. The molecular formula is C16H18BrFN4O. The number of halogens is 2. The number of benzene rings is 1. The lowest BCUT2D eigenvalue weighted by Gasteiger charge is -2.27. The molecule has 0 spiro atoms. The smallest absolute Gasteiger partial charge is 0.150 e. The Labute approximate surface area is 142 Å². The number of carbonyl (C=O) groups is 1. The van der Waals surface area contributed by atoms with Crippen molar-refractivity contribution in [1.29, 1.82) is 5.41 Å². The Kier molecular flexibility index (Phi) is 5.92. The molecular weight excluding hydrogens is 363 g/mol. The summed E-state index contributed by atoms with van der Waals surface area (Å²) in [6, 6.07) is 4.16. The van der Waals surface area contributed by atoms with Crippen molar-refractivity contribution in [2.45, 2.75) is 13.1 Å². The maximum Gasteiger partial charge on any atom is 0.150 e. The monoisotopic (exact) mass is 380 g/mol. The minimum absolute atomic E-state index is 0.285. The Hall–Kier alpha value is -2.15. The zero-order valence-electron chi connectivity index (χ0n) is 12.6. The van der Waals surface area contributed by atoms with Crippen molar-refractivity contribution in [2.75, 3.05) is 13.1 Å². The van der Waals surface area contributed by atoms with Crippen molar-refractivity contribution in [2.24, 2.45) is 0 Å². The molecule has 1 unspecified atom stereocenters. The van der Waals surface area contributed by atoms with Crippen LogP contribution in [-0.2, 0) is 0 Å². The molecule has 1 aliphatic rings. The average Bonchev–Trinajstić information content (AvgIpc) is 3.00. The van der Waals surface area contributed by atoms with Crippen molar-refractivity contribution in [3.63, 3.8) is 0 Å². The second-order valence-electron chi connectivity index (χ2n) is 4.96. The first kappa shape index (κ1) is 17.2. The number of hydrogen-bond donors (Lipinski definition) is 3. The lowest BCUT2D eigenvalue weighted by Crippen LogP contribution is -2.30. The molecule has 1 aliphatic heterocycles. The van der Waals surface area contributed by atoms with E-state index in [0.29, 0.717) is 24.0 Å². The van der Waals surface area contributed by atoms with Gasteiger partial charge in [0.15, 0.2) is 6.29 Å². The largest absolute Gasteiger partial charge is 0.379 e. The molecule has 0 radical (unpaired) electrons. The van der Waals surface area contributed by atoms with Gasteiger partial charge in [-0.15, -0.1) is 0 Å². The van der Waals surface area contributed by atoms with Gasteiger partial charge in [0, 0.05) is 48.4 Å². The summed E-state index contributed by atoms with van der Waals surface area (Å²) in [5, 5.41) is 13.9. The van der Waals surface area contributed by atoms with Crippen LogP contribution in [0.1, 0.15) is 29.0 Å².